The summed E-state index contributed by atoms with van der Waals surface area (Å²) in [5.41, 5.74) is -2.40. The summed E-state index contributed by atoms with van der Waals surface area (Å²) in [4.78, 5) is 13.9. The van der Waals surface area contributed by atoms with Crippen LogP contribution in [0, 0.1) is 0 Å². The average Bonchev–Trinajstić information content (AvgIpc) is 3.14. The highest BCUT2D eigenvalue weighted by atomic mass is 32.1. The quantitative estimate of drug-likeness (QED) is 0.576. The van der Waals surface area contributed by atoms with E-state index in [9.17, 15) is 31.1 Å². The highest BCUT2D eigenvalue weighted by molar-refractivity contribution is 7.07. The molecule has 1 aliphatic heterocycles. The molecular weight excluding hydrogens is 392 g/mol. The van der Waals surface area contributed by atoms with E-state index in [1.165, 1.54) is 4.90 Å². The maximum Gasteiger partial charge on any atom is 0.416 e. The minimum Gasteiger partial charge on any atom is -0.339 e. The monoisotopic (exact) mass is 407 g/mol. The van der Waals surface area contributed by atoms with Gasteiger partial charge < -0.3 is 4.90 Å². The van der Waals surface area contributed by atoms with Crippen molar-refractivity contribution in [3.8, 4) is 0 Å². The fourth-order valence-electron chi connectivity index (χ4n) is 3.18. The molecule has 1 aliphatic rings. The zero-order chi connectivity index (χ0) is 19.8. The minimum atomic E-state index is -4.97. The lowest BCUT2D eigenvalue weighted by atomic mass is 9.91. The number of piperidine rings is 1. The molecule has 0 unspecified atom stereocenters. The first-order valence-corrected chi connectivity index (χ1v) is 9.11. The molecule has 0 spiro atoms. The number of likely N-dealkylation sites (tertiary alicyclic amines) is 1. The number of thiophene rings is 1. The molecule has 0 saturated carbocycles. The van der Waals surface area contributed by atoms with Gasteiger partial charge in [-0.15, -0.1) is 0 Å². The highest BCUT2D eigenvalue weighted by Gasteiger charge is 2.38. The van der Waals surface area contributed by atoms with Gasteiger partial charge in [0.05, 0.1) is 11.1 Å². The van der Waals surface area contributed by atoms with E-state index in [2.05, 4.69) is 0 Å². The maximum absolute atomic E-state index is 13.0. The van der Waals surface area contributed by atoms with Gasteiger partial charge in [0.25, 0.3) is 5.91 Å². The first-order valence-electron chi connectivity index (χ1n) is 8.16. The Kier molecular flexibility index (Phi) is 5.24. The molecule has 1 aromatic carbocycles. The second-order valence-corrected chi connectivity index (χ2v) is 7.20. The Morgan fingerprint density at radius 3 is 1.96 bits per heavy atom. The Morgan fingerprint density at radius 1 is 0.963 bits per heavy atom. The van der Waals surface area contributed by atoms with Crippen LogP contribution < -0.4 is 0 Å². The highest BCUT2D eigenvalue weighted by Crippen LogP contribution is 2.37. The standard InChI is InChI=1S/C18H15F6NOS/c19-17(20,21)14-7-13(8-15(9-14)18(22,23)24)16(26)25-4-1-11(2-5-25)12-3-6-27-10-12/h3,6-11H,1-2,4-5H2. The summed E-state index contributed by atoms with van der Waals surface area (Å²) >= 11 is 1.55. The third kappa shape index (κ3) is 4.45. The molecule has 2 aromatic rings. The number of hydrogen-bond donors (Lipinski definition) is 0. The van der Waals surface area contributed by atoms with E-state index in [1.54, 1.807) is 11.3 Å². The Bertz CT molecular complexity index is 772. The number of nitrogens with zero attached hydrogens (tertiary/aromatic N) is 1. The molecule has 0 atom stereocenters. The zero-order valence-electron chi connectivity index (χ0n) is 13.9. The molecule has 2 nitrogen and oxygen atoms in total. The number of rotatable bonds is 2. The lowest BCUT2D eigenvalue weighted by Gasteiger charge is -2.32. The molecule has 0 radical (unpaired) electrons. The molecule has 1 aromatic heterocycles. The van der Waals surface area contributed by atoms with Crippen molar-refractivity contribution < 1.29 is 31.1 Å². The number of benzene rings is 1. The number of halogens is 6. The average molecular weight is 407 g/mol. The second kappa shape index (κ2) is 7.18. The number of alkyl halides is 6. The third-order valence-electron chi connectivity index (χ3n) is 4.63. The minimum absolute atomic E-state index is 0.0274. The van der Waals surface area contributed by atoms with Crippen molar-refractivity contribution in [2.45, 2.75) is 31.1 Å². The van der Waals surface area contributed by atoms with E-state index in [0.29, 0.717) is 25.0 Å². The van der Waals surface area contributed by atoms with Crippen molar-refractivity contribution in [3.05, 3.63) is 57.3 Å². The zero-order valence-corrected chi connectivity index (χ0v) is 14.7. The number of hydrogen-bond acceptors (Lipinski definition) is 2. The van der Waals surface area contributed by atoms with Gasteiger partial charge in [0.2, 0.25) is 0 Å². The molecule has 1 saturated heterocycles. The summed E-state index contributed by atoms with van der Waals surface area (Å²) in [5.74, 6) is -0.567. The predicted molar refractivity (Wildman–Crippen MR) is 88.6 cm³/mol. The van der Waals surface area contributed by atoms with Gasteiger partial charge in [-0.1, -0.05) is 0 Å². The molecule has 1 fully saturated rings. The Morgan fingerprint density at radius 2 is 1.52 bits per heavy atom. The first kappa shape index (κ1) is 19.7. The Balaban J connectivity index is 1.82. The van der Waals surface area contributed by atoms with Crippen molar-refractivity contribution in [1.82, 2.24) is 4.90 Å². The van der Waals surface area contributed by atoms with Crippen LogP contribution >= 0.6 is 11.3 Å². The Labute approximate surface area is 155 Å². The van der Waals surface area contributed by atoms with Crippen molar-refractivity contribution in [2.75, 3.05) is 13.1 Å². The van der Waals surface area contributed by atoms with Gasteiger partial charge in [0.1, 0.15) is 0 Å². The van der Waals surface area contributed by atoms with Crippen LogP contribution in [0.15, 0.2) is 35.0 Å². The summed E-state index contributed by atoms with van der Waals surface area (Å²) in [6.45, 7) is 0.577. The summed E-state index contributed by atoms with van der Waals surface area (Å²) in [7, 11) is 0. The van der Waals surface area contributed by atoms with Crippen LogP contribution in [0.3, 0.4) is 0 Å². The smallest absolute Gasteiger partial charge is 0.339 e. The number of amides is 1. The lowest BCUT2D eigenvalue weighted by molar-refractivity contribution is -0.143. The van der Waals surface area contributed by atoms with E-state index < -0.39 is 35.0 Å². The van der Waals surface area contributed by atoms with Crippen LogP contribution in [0.5, 0.6) is 0 Å². The molecule has 3 rings (SSSR count). The van der Waals surface area contributed by atoms with Crippen molar-refractivity contribution in [3.63, 3.8) is 0 Å². The van der Waals surface area contributed by atoms with E-state index in [0.717, 1.165) is 5.56 Å². The van der Waals surface area contributed by atoms with Gasteiger partial charge in [0, 0.05) is 18.7 Å². The summed E-state index contributed by atoms with van der Waals surface area (Å²) in [6, 6.07) is 2.99. The number of carbonyl (C=O) groups excluding carboxylic acids is 1. The SMILES string of the molecule is O=C(c1cc(C(F)(F)F)cc(C(F)(F)F)c1)N1CCC(c2ccsc2)CC1. The van der Waals surface area contributed by atoms with Crippen LogP contribution in [0.2, 0.25) is 0 Å². The summed E-state index contributed by atoms with van der Waals surface area (Å²) in [6.07, 6.45) is -8.70. The molecule has 9 heteroatoms. The molecule has 146 valence electrons. The molecule has 0 bridgehead atoms. The Hall–Kier alpha value is -2.03. The fraction of sp³-hybridized carbons (Fsp3) is 0.389. The van der Waals surface area contributed by atoms with E-state index in [-0.39, 0.29) is 25.1 Å². The van der Waals surface area contributed by atoms with Gasteiger partial charge >= 0.3 is 12.4 Å². The molecule has 0 N–H and O–H groups in total. The third-order valence-corrected chi connectivity index (χ3v) is 5.33. The van der Waals surface area contributed by atoms with Crippen LogP contribution in [0.25, 0.3) is 0 Å². The topological polar surface area (TPSA) is 20.3 Å². The fourth-order valence-corrected chi connectivity index (χ4v) is 3.93. The van der Waals surface area contributed by atoms with Crippen molar-refractivity contribution in [2.24, 2.45) is 0 Å². The van der Waals surface area contributed by atoms with E-state index in [1.807, 2.05) is 16.8 Å². The first-order chi connectivity index (χ1) is 12.6. The largest absolute Gasteiger partial charge is 0.416 e. The van der Waals surface area contributed by atoms with E-state index in [4.69, 9.17) is 0 Å². The van der Waals surface area contributed by atoms with Crippen molar-refractivity contribution in [1.29, 1.82) is 0 Å². The summed E-state index contributed by atoms with van der Waals surface area (Å²) < 4.78 is 77.8. The van der Waals surface area contributed by atoms with Gasteiger partial charge in [-0.2, -0.15) is 37.7 Å². The van der Waals surface area contributed by atoms with Gasteiger partial charge in [-0.05, 0) is 59.3 Å². The predicted octanol–water partition coefficient (Wildman–Crippen LogP) is 5.81. The normalized spacial score (nSPS) is 16.6. The molecule has 27 heavy (non-hydrogen) atoms. The molecule has 1 amide bonds. The second-order valence-electron chi connectivity index (χ2n) is 6.42. The van der Waals surface area contributed by atoms with Gasteiger partial charge in [0.15, 0.2) is 0 Å². The van der Waals surface area contributed by atoms with Crippen LogP contribution in [0.4, 0.5) is 26.3 Å². The van der Waals surface area contributed by atoms with E-state index >= 15 is 0 Å². The van der Waals surface area contributed by atoms with Gasteiger partial charge in [-0.3, -0.25) is 4.79 Å². The number of carbonyl (C=O) groups is 1. The maximum atomic E-state index is 13.0. The van der Waals surface area contributed by atoms with Crippen LogP contribution in [0.1, 0.15) is 45.8 Å². The molecule has 0 aliphatic carbocycles. The molecule has 2 heterocycles. The van der Waals surface area contributed by atoms with Crippen LogP contribution in [-0.4, -0.2) is 23.9 Å². The summed E-state index contributed by atoms with van der Waals surface area (Å²) in [5, 5.41) is 3.94. The van der Waals surface area contributed by atoms with Crippen LogP contribution in [-0.2, 0) is 12.4 Å². The van der Waals surface area contributed by atoms with Crippen molar-refractivity contribution >= 4 is 17.2 Å². The lowest BCUT2D eigenvalue weighted by Crippen LogP contribution is -2.38. The molecular formula is C18H15F6NOS. The van der Waals surface area contributed by atoms with Gasteiger partial charge in [-0.25, -0.2) is 0 Å².